The lowest BCUT2D eigenvalue weighted by molar-refractivity contribution is -0.348. The SMILES string of the molecule is C=C1Oc2ccccc2C=C1COC1C(O)[C@@H](OCCNC(=O)C2C[C@@H](n3cc(-c4ccccc4)nn3)C(O[C@@H]3OC(C)[C@@H](O)[C@H](O)C3O)[C@H](O[C@@H]3OC(CO)[C@H](O)C(O[C@@H](CCC)C(=O)O)C3OC(=O)c3ccccc3)C2)O[C@H](CO)[C@H]1O. The fourth-order valence-corrected chi connectivity index (χ4v) is 10.8. The quantitative estimate of drug-likeness (QED) is 0.0354. The second-order valence-corrected chi connectivity index (χ2v) is 21.2. The molecule has 1 aromatic heterocycles. The minimum atomic E-state index is -1.86. The van der Waals surface area contributed by atoms with Gasteiger partial charge in [-0.2, -0.15) is 0 Å². The Labute approximate surface area is 482 Å². The number of aliphatic carboxylic acids is 1. The van der Waals surface area contributed by atoms with Gasteiger partial charge in [-0.25, -0.2) is 14.3 Å². The molecule has 10 N–H and O–H groups in total. The van der Waals surface area contributed by atoms with Crippen molar-refractivity contribution >= 4 is 23.9 Å². The Morgan fingerprint density at radius 3 is 2.13 bits per heavy atom. The van der Waals surface area contributed by atoms with E-state index in [1.54, 1.807) is 67.7 Å². The number of amides is 1. The highest BCUT2D eigenvalue weighted by Crippen LogP contribution is 2.42. The van der Waals surface area contributed by atoms with Gasteiger partial charge in [0, 0.05) is 29.2 Å². The van der Waals surface area contributed by atoms with E-state index in [0.29, 0.717) is 34.8 Å². The molecule has 9 unspecified atom stereocenters. The number of carboxylic acid groups (broad SMARTS) is 1. The second-order valence-electron chi connectivity index (χ2n) is 21.2. The number of hydrogen-bond donors (Lipinski definition) is 10. The van der Waals surface area contributed by atoms with Crippen LogP contribution in [0, 0.1) is 5.92 Å². The van der Waals surface area contributed by atoms with Crippen LogP contribution in [0.5, 0.6) is 5.75 Å². The van der Waals surface area contributed by atoms with Crippen molar-refractivity contribution in [2.24, 2.45) is 5.92 Å². The maximum Gasteiger partial charge on any atom is 0.338 e. The van der Waals surface area contributed by atoms with Gasteiger partial charge in [0.1, 0.15) is 84.3 Å². The molecule has 3 saturated heterocycles. The van der Waals surface area contributed by atoms with Crippen molar-refractivity contribution in [1.82, 2.24) is 20.3 Å². The zero-order valence-corrected chi connectivity index (χ0v) is 46.0. The van der Waals surface area contributed by atoms with Crippen LogP contribution in [0.4, 0.5) is 0 Å². The number of esters is 1. The van der Waals surface area contributed by atoms with Crippen LogP contribution < -0.4 is 10.1 Å². The van der Waals surface area contributed by atoms with Gasteiger partial charge in [0.25, 0.3) is 0 Å². The molecule has 4 aliphatic heterocycles. The third-order valence-corrected chi connectivity index (χ3v) is 15.5. The Morgan fingerprint density at radius 2 is 1.43 bits per heavy atom. The highest BCUT2D eigenvalue weighted by Gasteiger charge is 2.55. The van der Waals surface area contributed by atoms with Crippen molar-refractivity contribution in [3.8, 4) is 17.0 Å². The monoisotopic (exact) mass is 1180 g/mol. The molecule has 0 radical (unpaired) electrons. The molecular weight excluding hydrogens is 1100 g/mol. The molecule has 26 heteroatoms. The van der Waals surface area contributed by atoms with Crippen LogP contribution in [0.2, 0.25) is 0 Å². The van der Waals surface area contributed by atoms with Crippen molar-refractivity contribution in [3.05, 3.63) is 120 Å². The normalized spacial score (nSPS) is 33.7. The Hall–Kier alpha value is -6.15. The number of carboxylic acids is 1. The van der Waals surface area contributed by atoms with Crippen LogP contribution in [0.1, 0.15) is 61.5 Å². The van der Waals surface area contributed by atoms with Gasteiger partial charge in [-0.3, -0.25) is 4.79 Å². The molecular formula is C58H72N4O22. The minimum Gasteiger partial charge on any atom is -0.479 e. The van der Waals surface area contributed by atoms with E-state index >= 15 is 0 Å². The van der Waals surface area contributed by atoms with Crippen molar-refractivity contribution in [3.63, 3.8) is 0 Å². The molecule has 0 spiro atoms. The van der Waals surface area contributed by atoms with E-state index in [9.17, 15) is 60.3 Å². The smallest absolute Gasteiger partial charge is 0.338 e. The number of aliphatic hydroxyl groups excluding tert-OH is 8. The molecule has 1 saturated carbocycles. The van der Waals surface area contributed by atoms with E-state index in [4.69, 9.17) is 47.4 Å². The largest absolute Gasteiger partial charge is 0.479 e. The predicted octanol–water partition coefficient (Wildman–Crippen LogP) is 0.383. The van der Waals surface area contributed by atoms with Gasteiger partial charge in [0.05, 0.1) is 56.4 Å². The van der Waals surface area contributed by atoms with Crippen LogP contribution in [0.3, 0.4) is 0 Å². The molecule has 4 aromatic rings. The Morgan fingerprint density at radius 1 is 0.750 bits per heavy atom. The number of aliphatic hydroxyl groups is 8. The number of ether oxygens (including phenoxy) is 10. The molecule has 4 fully saturated rings. The van der Waals surface area contributed by atoms with Gasteiger partial charge in [-0.1, -0.05) is 91.9 Å². The highest BCUT2D eigenvalue weighted by atomic mass is 16.8. The number of nitrogens with one attached hydrogen (secondary N) is 1. The van der Waals surface area contributed by atoms with Crippen LogP contribution in [0.25, 0.3) is 17.3 Å². The summed E-state index contributed by atoms with van der Waals surface area (Å²) in [5.74, 6) is -3.12. The number of para-hydroxylation sites is 1. The van der Waals surface area contributed by atoms with Gasteiger partial charge in [-0.05, 0) is 50.5 Å². The summed E-state index contributed by atoms with van der Waals surface area (Å²) in [5, 5.41) is 110. The van der Waals surface area contributed by atoms with Gasteiger partial charge >= 0.3 is 11.9 Å². The topological polar surface area (TPSA) is 368 Å². The number of nitrogens with zero attached hydrogens (tertiary/aromatic N) is 3. The third kappa shape index (κ3) is 14.2. The number of fused-ring (bicyclic) bond motifs is 1. The summed E-state index contributed by atoms with van der Waals surface area (Å²) in [5.41, 5.74) is 2.39. The summed E-state index contributed by atoms with van der Waals surface area (Å²) in [7, 11) is 0. The lowest BCUT2D eigenvalue weighted by Gasteiger charge is -2.48. The van der Waals surface area contributed by atoms with Crippen molar-refractivity contribution in [2.75, 3.05) is 33.0 Å². The Balaban J connectivity index is 1.00. The number of rotatable bonds is 23. The summed E-state index contributed by atoms with van der Waals surface area (Å²) in [6.07, 6.45) is -24.9. The maximum absolute atomic E-state index is 14.7. The second kappa shape index (κ2) is 28.4. The summed E-state index contributed by atoms with van der Waals surface area (Å²) in [4.78, 5) is 41.3. The molecule has 84 heavy (non-hydrogen) atoms. The lowest BCUT2D eigenvalue weighted by atomic mass is 9.80. The number of hydrogen-bond acceptors (Lipinski definition) is 23. The van der Waals surface area contributed by atoms with Crippen LogP contribution in [0.15, 0.2) is 109 Å². The maximum atomic E-state index is 14.7. The average Bonchev–Trinajstić information content (AvgIpc) is 3.54. The van der Waals surface area contributed by atoms with Gasteiger partial charge in [0.2, 0.25) is 5.91 Å². The highest BCUT2D eigenvalue weighted by molar-refractivity contribution is 5.89. The zero-order valence-electron chi connectivity index (χ0n) is 46.0. The first kappa shape index (κ1) is 62.4. The van der Waals surface area contributed by atoms with E-state index < -0.39 is 153 Å². The summed E-state index contributed by atoms with van der Waals surface area (Å²) < 4.78 is 62.7. The van der Waals surface area contributed by atoms with Crippen molar-refractivity contribution < 1.29 is 108 Å². The molecule has 20 atom stereocenters. The lowest BCUT2D eigenvalue weighted by Crippen LogP contribution is -2.64. The molecule has 0 bridgehead atoms. The van der Waals surface area contributed by atoms with Crippen LogP contribution in [-0.4, -0.2) is 222 Å². The molecule has 3 aromatic carbocycles. The molecule has 5 aliphatic rings. The first-order valence-electron chi connectivity index (χ1n) is 27.8. The predicted molar refractivity (Wildman–Crippen MR) is 289 cm³/mol. The molecule has 9 rings (SSSR count). The average molecular weight is 1180 g/mol. The molecule has 456 valence electrons. The Kier molecular flexibility index (Phi) is 21.1. The molecule has 1 aliphatic carbocycles. The summed E-state index contributed by atoms with van der Waals surface area (Å²) in [6.45, 7) is 4.94. The first-order valence-corrected chi connectivity index (χ1v) is 27.8. The molecule has 1 amide bonds. The third-order valence-electron chi connectivity index (χ3n) is 15.5. The van der Waals surface area contributed by atoms with Gasteiger partial charge in [-0.15, -0.1) is 5.10 Å². The van der Waals surface area contributed by atoms with E-state index in [1.807, 2.05) is 24.3 Å². The van der Waals surface area contributed by atoms with Crippen LogP contribution in [-0.2, 0) is 52.2 Å². The first-order chi connectivity index (χ1) is 40.5. The molecule has 26 nitrogen and oxygen atoms in total. The minimum absolute atomic E-state index is 0.0421. The zero-order chi connectivity index (χ0) is 59.8. The van der Waals surface area contributed by atoms with E-state index in [1.165, 1.54) is 23.7 Å². The van der Waals surface area contributed by atoms with Crippen molar-refractivity contribution in [2.45, 2.75) is 156 Å². The number of carbonyl (C=O) groups is 3. The Bertz CT molecular complexity index is 2870. The van der Waals surface area contributed by atoms with Crippen LogP contribution >= 0.6 is 0 Å². The number of carbonyl (C=O) groups excluding carboxylic acids is 2. The van der Waals surface area contributed by atoms with Crippen molar-refractivity contribution in [1.29, 1.82) is 0 Å². The summed E-state index contributed by atoms with van der Waals surface area (Å²) >= 11 is 0. The van der Waals surface area contributed by atoms with Gasteiger partial charge < -0.3 is 98.6 Å². The fraction of sp³-hybridized carbons (Fsp3) is 0.534. The molecule has 5 heterocycles. The number of aromatic nitrogens is 3. The van der Waals surface area contributed by atoms with E-state index in [0.717, 1.165) is 5.56 Å². The standard InChI is InChI=1S/C58H72N4O22/c1-4-13-39(54(72)73)79-51-45(67)42(27-64)82-58(52(51)83-55(74)32-16-9-6-10-17-32)80-40-24-34(23-37(62-25-36(60-61-62)31-14-7-5-8-15-31)49(40)84-57-47(69)46(68)43(65)30(3)78-57)53(71)59-20-21-75-56-48(70)50(44(66)41(26-63)81-56)76-28-35-22-33-18-11-12-19-38(33)77-29(35)2/h5-12,14-19,22,25,30,34,37,39-52,56-58,63-70H,2,4,13,20-21,23-24,26-28H2,1,3H3,(H,59,71)(H,72,73)/t30?,34?,37-,39+,40-,41-,42?,43-,44-,45+,46+,47?,48?,49?,50?,51?,52?,56+,57+,58-/m1/s1. The van der Waals surface area contributed by atoms with E-state index in [-0.39, 0.29) is 44.6 Å². The fourth-order valence-electron chi connectivity index (χ4n) is 10.8. The van der Waals surface area contributed by atoms with Gasteiger partial charge in [0.15, 0.2) is 31.1 Å². The number of benzene rings is 3. The summed E-state index contributed by atoms with van der Waals surface area (Å²) in [6, 6.07) is 22.9. The van der Waals surface area contributed by atoms with E-state index in [2.05, 4.69) is 22.2 Å².